The van der Waals surface area contributed by atoms with Gasteiger partial charge in [0.05, 0.1) is 6.26 Å². The third-order valence-electron chi connectivity index (χ3n) is 5.68. The molecule has 0 fully saturated rings. The van der Waals surface area contributed by atoms with Gasteiger partial charge in [-0.1, -0.05) is 78.4 Å². The fraction of sp³-hybridized carbons (Fsp3) is 0.111. The van der Waals surface area contributed by atoms with Crippen molar-refractivity contribution < 1.29 is 4.42 Å². The number of aryl methyl sites for hydroxylation is 2. The van der Waals surface area contributed by atoms with E-state index >= 15 is 0 Å². The van der Waals surface area contributed by atoms with E-state index < -0.39 is 0 Å². The van der Waals surface area contributed by atoms with Crippen molar-refractivity contribution in [1.82, 2.24) is 0 Å². The first kappa shape index (κ1) is 16.8. The second kappa shape index (κ2) is 6.69. The Morgan fingerprint density at radius 3 is 2.39 bits per heavy atom. The number of rotatable bonds is 3. The molecule has 3 aromatic carbocycles. The monoisotopic (exact) mass is 362 g/mol. The molecule has 1 unspecified atom stereocenters. The van der Waals surface area contributed by atoms with E-state index in [1.165, 1.54) is 38.9 Å². The zero-order chi connectivity index (χ0) is 19.1. The molecular weight excluding hydrogens is 340 g/mol. The van der Waals surface area contributed by atoms with Crippen molar-refractivity contribution in [2.75, 3.05) is 0 Å². The van der Waals surface area contributed by atoms with Crippen LogP contribution >= 0.6 is 0 Å². The fourth-order valence-corrected chi connectivity index (χ4v) is 4.23. The molecule has 0 saturated heterocycles. The van der Waals surface area contributed by atoms with Gasteiger partial charge in [0.2, 0.25) is 0 Å². The van der Waals surface area contributed by atoms with E-state index in [4.69, 9.17) is 4.42 Å². The van der Waals surface area contributed by atoms with Crippen LogP contribution in [-0.4, -0.2) is 0 Å². The Kier molecular flexibility index (Phi) is 4.02. The number of allylic oxidation sites excluding steroid dienone is 1. The molecule has 4 aromatic rings. The standard InChI is InChI=1S/C27H22O/c1-18-8-11-25-21(16-18)9-13-26(25)22-10-12-24(20-6-4-3-5-7-20)27(17-22)23-14-15-28-19(23)2/h3-17,26H,1-2H3. The van der Waals surface area contributed by atoms with E-state index in [0.717, 1.165) is 11.3 Å². The number of benzene rings is 3. The summed E-state index contributed by atoms with van der Waals surface area (Å²) in [6.07, 6.45) is 6.34. The highest BCUT2D eigenvalue weighted by molar-refractivity contribution is 5.85. The Balaban J connectivity index is 1.67. The lowest BCUT2D eigenvalue weighted by Crippen LogP contribution is -1.98. The maximum absolute atomic E-state index is 5.63. The molecule has 0 spiro atoms. The molecule has 0 saturated carbocycles. The van der Waals surface area contributed by atoms with E-state index in [1.807, 2.05) is 6.92 Å². The maximum atomic E-state index is 5.63. The van der Waals surface area contributed by atoms with Gasteiger partial charge < -0.3 is 4.42 Å². The first-order valence-electron chi connectivity index (χ1n) is 9.73. The molecule has 0 aliphatic heterocycles. The van der Waals surface area contributed by atoms with Crippen molar-refractivity contribution in [3.05, 3.63) is 113 Å². The van der Waals surface area contributed by atoms with Gasteiger partial charge in [0.25, 0.3) is 0 Å². The van der Waals surface area contributed by atoms with Gasteiger partial charge in [-0.3, -0.25) is 0 Å². The first-order chi connectivity index (χ1) is 13.7. The van der Waals surface area contributed by atoms with Crippen molar-refractivity contribution in [3.63, 3.8) is 0 Å². The molecule has 1 heteroatoms. The third kappa shape index (κ3) is 2.80. The molecule has 1 nitrogen and oxygen atoms in total. The molecule has 1 aromatic heterocycles. The van der Waals surface area contributed by atoms with Gasteiger partial charge in [0.15, 0.2) is 0 Å². The minimum atomic E-state index is 0.298. The average Bonchev–Trinajstić information content (AvgIpc) is 3.34. The molecule has 136 valence electrons. The zero-order valence-electron chi connectivity index (χ0n) is 16.1. The van der Waals surface area contributed by atoms with Crippen LogP contribution in [0.1, 0.15) is 33.9 Å². The number of fused-ring (bicyclic) bond motifs is 1. The summed E-state index contributed by atoms with van der Waals surface area (Å²) in [5.74, 6) is 1.25. The number of hydrogen-bond donors (Lipinski definition) is 0. The van der Waals surface area contributed by atoms with Gasteiger partial charge in [0, 0.05) is 11.5 Å². The van der Waals surface area contributed by atoms with Gasteiger partial charge in [0.1, 0.15) is 5.76 Å². The summed E-state index contributed by atoms with van der Waals surface area (Å²) in [6, 6.07) is 26.3. The quantitative estimate of drug-likeness (QED) is 0.370. The smallest absolute Gasteiger partial charge is 0.108 e. The predicted octanol–water partition coefficient (Wildman–Crippen LogP) is 7.39. The van der Waals surface area contributed by atoms with Crippen LogP contribution < -0.4 is 0 Å². The Morgan fingerprint density at radius 1 is 0.750 bits per heavy atom. The van der Waals surface area contributed by atoms with Crippen LogP contribution in [0.25, 0.3) is 28.3 Å². The van der Waals surface area contributed by atoms with Crippen molar-refractivity contribution in [2.45, 2.75) is 19.8 Å². The molecule has 1 atom stereocenters. The molecule has 0 bridgehead atoms. The Labute approximate surface area is 166 Å². The molecule has 5 rings (SSSR count). The molecule has 28 heavy (non-hydrogen) atoms. The van der Waals surface area contributed by atoms with Crippen LogP contribution in [0.2, 0.25) is 0 Å². The minimum Gasteiger partial charge on any atom is -0.469 e. The van der Waals surface area contributed by atoms with Gasteiger partial charge in [-0.15, -0.1) is 0 Å². The first-order valence-corrected chi connectivity index (χ1v) is 9.73. The van der Waals surface area contributed by atoms with Gasteiger partial charge >= 0.3 is 0 Å². The lowest BCUT2D eigenvalue weighted by molar-refractivity contribution is 0.535. The zero-order valence-corrected chi connectivity index (χ0v) is 16.1. The molecule has 1 aliphatic carbocycles. The Hall–Kier alpha value is -3.32. The highest BCUT2D eigenvalue weighted by atomic mass is 16.3. The lowest BCUT2D eigenvalue weighted by Gasteiger charge is -2.16. The minimum absolute atomic E-state index is 0.298. The van der Waals surface area contributed by atoms with E-state index in [1.54, 1.807) is 6.26 Å². The normalized spacial score (nSPS) is 15.0. The highest BCUT2D eigenvalue weighted by Gasteiger charge is 2.21. The summed E-state index contributed by atoms with van der Waals surface area (Å²) in [5, 5.41) is 0. The van der Waals surface area contributed by atoms with E-state index in [0.29, 0.717) is 5.92 Å². The van der Waals surface area contributed by atoms with Crippen LogP contribution in [0, 0.1) is 13.8 Å². The average molecular weight is 362 g/mol. The summed E-state index contributed by atoms with van der Waals surface area (Å²) < 4.78 is 5.63. The summed E-state index contributed by atoms with van der Waals surface area (Å²) in [7, 11) is 0. The van der Waals surface area contributed by atoms with E-state index in [2.05, 4.69) is 91.9 Å². The summed E-state index contributed by atoms with van der Waals surface area (Å²) >= 11 is 0. The second-order valence-electron chi connectivity index (χ2n) is 7.53. The van der Waals surface area contributed by atoms with Crippen LogP contribution in [0.4, 0.5) is 0 Å². The topological polar surface area (TPSA) is 13.1 Å². The van der Waals surface area contributed by atoms with Crippen LogP contribution in [-0.2, 0) is 0 Å². The third-order valence-corrected chi connectivity index (χ3v) is 5.68. The number of furan rings is 1. The SMILES string of the molecule is Cc1ccc2c(c1)C=CC2c1ccc(-c2ccccc2)c(-c2ccoc2C)c1. The lowest BCUT2D eigenvalue weighted by atomic mass is 9.87. The van der Waals surface area contributed by atoms with Crippen molar-refractivity contribution >= 4 is 6.08 Å². The molecule has 0 N–H and O–H groups in total. The van der Waals surface area contributed by atoms with Crippen LogP contribution in [0.15, 0.2) is 89.6 Å². The Bertz CT molecular complexity index is 1180. The second-order valence-corrected chi connectivity index (χ2v) is 7.53. The number of hydrogen-bond acceptors (Lipinski definition) is 1. The van der Waals surface area contributed by atoms with Crippen molar-refractivity contribution in [3.8, 4) is 22.3 Å². The van der Waals surface area contributed by atoms with Crippen LogP contribution in [0.3, 0.4) is 0 Å². The largest absolute Gasteiger partial charge is 0.469 e. The van der Waals surface area contributed by atoms with Crippen molar-refractivity contribution in [1.29, 1.82) is 0 Å². The van der Waals surface area contributed by atoms with Crippen molar-refractivity contribution in [2.24, 2.45) is 0 Å². The highest BCUT2D eigenvalue weighted by Crippen LogP contribution is 2.41. The predicted molar refractivity (Wildman–Crippen MR) is 116 cm³/mol. The van der Waals surface area contributed by atoms with Gasteiger partial charge in [-0.25, -0.2) is 0 Å². The maximum Gasteiger partial charge on any atom is 0.108 e. The van der Waals surface area contributed by atoms with Crippen LogP contribution in [0.5, 0.6) is 0 Å². The Morgan fingerprint density at radius 2 is 1.61 bits per heavy atom. The molecule has 0 amide bonds. The van der Waals surface area contributed by atoms with E-state index in [9.17, 15) is 0 Å². The summed E-state index contributed by atoms with van der Waals surface area (Å²) in [4.78, 5) is 0. The molecular formula is C27H22O. The summed E-state index contributed by atoms with van der Waals surface area (Å²) in [5.41, 5.74) is 10.2. The van der Waals surface area contributed by atoms with Gasteiger partial charge in [-0.2, -0.15) is 0 Å². The van der Waals surface area contributed by atoms with E-state index in [-0.39, 0.29) is 0 Å². The molecule has 1 heterocycles. The fourth-order valence-electron chi connectivity index (χ4n) is 4.23. The molecule has 1 aliphatic rings. The van der Waals surface area contributed by atoms with Gasteiger partial charge in [-0.05, 0) is 59.4 Å². The molecule has 0 radical (unpaired) electrons. The summed E-state index contributed by atoms with van der Waals surface area (Å²) in [6.45, 7) is 4.18.